The van der Waals surface area contributed by atoms with E-state index in [0.29, 0.717) is 28.7 Å². The van der Waals surface area contributed by atoms with Crippen molar-refractivity contribution < 1.29 is 9.18 Å². The summed E-state index contributed by atoms with van der Waals surface area (Å²) in [7, 11) is 1.77. The van der Waals surface area contributed by atoms with Crippen molar-refractivity contribution in [3.05, 3.63) is 88.6 Å². The van der Waals surface area contributed by atoms with Crippen LogP contribution in [0.1, 0.15) is 33.0 Å². The maximum atomic E-state index is 13.6. The molecule has 0 radical (unpaired) electrons. The van der Waals surface area contributed by atoms with Gasteiger partial charge in [-0.25, -0.2) is 9.07 Å². The first-order valence-corrected chi connectivity index (χ1v) is 9.78. The Hall–Kier alpha value is -3.54. The zero-order chi connectivity index (χ0) is 21.4. The van der Waals surface area contributed by atoms with Gasteiger partial charge in [0.2, 0.25) is 0 Å². The molecular formula is C24H23FN4O. The van der Waals surface area contributed by atoms with Crippen molar-refractivity contribution in [1.82, 2.24) is 19.7 Å². The zero-order valence-corrected chi connectivity index (χ0v) is 17.5. The van der Waals surface area contributed by atoms with Crippen molar-refractivity contribution in [3.63, 3.8) is 0 Å². The Labute approximate surface area is 174 Å². The molecule has 0 fully saturated rings. The molecule has 30 heavy (non-hydrogen) atoms. The molecule has 2 aromatic heterocycles. The minimum absolute atomic E-state index is 0.136. The number of rotatable bonds is 4. The smallest absolute Gasteiger partial charge is 0.254 e. The van der Waals surface area contributed by atoms with Crippen LogP contribution in [-0.4, -0.2) is 32.6 Å². The first kappa shape index (κ1) is 19.8. The molecule has 4 rings (SSSR count). The Bertz CT molecular complexity index is 1240. The molecule has 152 valence electrons. The summed E-state index contributed by atoms with van der Waals surface area (Å²) in [5.74, 6) is -0.504. The van der Waals surface area contributed by atoms with Crippen molar-refractivity contribution in [1.29, 1.82) is 0 Å². The van der Waals surface area contributed by atoms with Crippen molar-refractivity contribution in [2.75, 3.05) is 7.05 Å². The average molecular weight is 402 g/mol. The van der Waals surface area contributed by atoms with Crippen LogP contribution in [0.3, 0.4) is 0 Å². The van der Waals surface area contributed by atoms with Crippen LogP contribution in [0.15, 0.2) is 54.6 Å². The number of pyridine rings is 1. The van der Waals surface area contributed by atoms with Crippen LogP contribution in [0.5, 0.6) is 0 Å². The van der Waals surface area contributed by atoms with E-state index in [1.54, 1.807) is 31.0 Å². The largest absolute Gasteiger partial charge is 0.337 e. The molecule has 6 heteroatoms. The van der Waals surface area contributed by atoms with Crippen molar-refractivity contribution in [2.45, 2.75) is 27.3 Å². The molecule has 0 atom stereocenters. The van der Waals surface area contributed by atoms with Crippen LogP contribution in [0.4, 0.5) is 4.39 Å². The third-order valence-corrected chi connectivity index (χ3v) is 5.31. The van der Waals surface area contributed by atoms with E-state index in [4.69, 9.17) is 0 Å². The molecule has 1 amide bonds. The molecule has 0 N–H and O–H groups in total. The third-order valence-electron chi connectivity index (χ3n) is 5.31. The maximum absolute atomic E-state index is 13.6. The molecule has 2 aromatic carbocycles. The van der Waals surface area contributed by atoms with Gasteiger partial charge >= 0.3 is 0 Å². The number of carbonyl (C=O) groups excluding carboxylic acids is 1. The van der Waals surface area contributed by atoms with Crippen LogP contribution in [0.2, 0.25) is 0 Å². The molecule has 0 aliphatic carbocycles. The number of halogens is 1. The predicted octanol–water partition coefficient (Wildman–Crippen LogP) is 4.76. The molecule has 0 aliphatic rings. The summed E-state index contributed by atoms with van der Waals surface area (Å²) >= 11 is 0. The van der Waals surface area contributed by atoms with Crippen LogP contribution in [0, 0.1) is 26.6 Å². The highest BCUT2D eigenvalue weighted by atomic mass is 19.1. The number of benzene rings is 2. The molecule has 0 bridgehead atoms. The summed E-state index contributed by atoms with van der Waals surface area (Å²) < 4.78 is 15.5. The van der Waals surface area contributed by atoms with Crippen LogP contribution in [-0.2, 0) is 6.54 Å². The topological polar surface area (TPSA) is 51.0 Å². The molecular weight excluding hydrogens is 379 g/mol. The highest BCUT2D eigenvalue weighted by Gasteiger charge is 2.20. The van der Waals surface area contributed by atoms with Gasteiger partial charge in [-0.15, -0.1) is 0 Å². The highest BCUT2D eigenvalue weighted by molar-refractivity contribution is 6.06. The number of carbonyl (C=O) groups is 1. The number of hydrogen-bond acceptors (Lipinski definition) is 3. The number of nitrogens with zero attached hydrogens (tertiary/aromatic N) is 4. The fourth-order valence-corrected chi connectivity index (χ4v) is 3.75. The minimum atomic E-state index is -0.369. The summed E-state index contributed by atoms with van der Waals surface area (Å²) in [6, 6.07) is 16.0. The van der Waals surface area contributed by atoms with E-state index >= 15 is 0 Å². The summed E-state index contributed by atoms with van der Waals surface area (Å²) in [6.07, 6.45) is 0. The predicted molar refractivity (Wildman–Crippen MR) is 115 cm³/mol. The van der Waals surface area contributed by atoms with E-state index in [0.717, 1.165) is 22.6 Å². The SMILES string of the molecule is Cc1cc(C(=O)N(C)Cc2c(C)nn(-c3ccccc3)c2C)c2ccc(F)cc2n1. The lowest BCUT2D eigenvalue weighted by Crippen LogP contribution is -2.27. The number of para-hydroxylation sites is 1. The lowest BCUT2D eigenvalue weighted by molar-refractivity contribution is 0.0786. The van der Waals surface area contributed by atoms with Crippen LogP contribution in [0.25, 0.3) is 16.6 Å². The molecule has 0 saturated heterocycles. The first-order valence-electron chi connectivity index (χ1n) is 9.78. The second-order valence-electron chi connectivity index (χ2n) is 7.53. The molecule has 0 aliphatic heterocycles. The van der Waals surface area contributed by atoms with E-state index in [1.165, 1.54) is 12.1 Å². The normalized spacial score (nSPS) is 11.1. The van der Waals surface area contributed by atoms with Gasteiger partial charge < -0.3 is 4.90 Å². The van der Waals surface area contributed by atoms with Crippen molar-refractivity contribution in [2.24, 2.45) is 0 Å². The number of fused-ring (bicyclic) bond motifs is 1. The van der Waals surface area contributed by atoms with Gasteiger partial charge in [-0.05, 0) is 51.1 Å². The molecule has 5 nitrogen and oxygen atoms in total. The van der Waals surface area contributed by atoms with Gasteiger partial charge in [0.1, 0.15) is 5.82 Å². The Morgan fingerprint density at radius 1 is 1.07 bits per heavy atom. The Balaban J connectivity index is 1.67. The quantitative estimate of drug-likeness (QED) is 0.495. The van der Waals surface area contributed by atoms with Gasteiger partial charge in [-0.2, -0.15) is 5.10 Å². The summed E-state index contributed by atoms with van der Waals surface area (Å²) in [4.78, 5) is 19.3. The summed E-state index contributed by atoms with van der Waals surface area (Å²) in [5, 5.41) is 5.31. The Morgan fingerprint density at radius 2 is 1.80 bits per heavy atom. The summed E-state index contributed by atoms with van der Waals surface area (Å²) in [5.41, 5.74) is 5.55. The molecule has 0 unspecified atom stereocenters. The monoisotopic (exact) mass is 402 g/mol. The molecule has 4 aromatic rings. The Morgan fingerprint density at radius 3 is 2.53 bits per heavy atom. The fraction of sp³-hybridized carbons (Fsp3) is 0.208. The summed E-state index contributed by atoms with van der Waals surface area (Å²) in [6.45, 7) is 6.19. The van der Waals surface area contributed by atoms with Gasteiger partial charge in [0, 0.05) is 42.0 Å². The lowest BCUT2D eigenvalue weighted by atomic mass is 10.1. The van der Waals surface area contributed by atoms with Gasteiger partial charge in [0.05, 0.1) is 22.5 Å². The number of aromatic nitrogens is 3. The van der Waals surface area contributed by atoms with Gasteiger partial charge in [-0.3, -0.25) is 9.78 Å². The highest BCUT2D eigenvalue weighted by Crippen LogP contribution is 2.23. The molecule has 2 heterocycles. The first-order chi connectivity index (χ1) is 14.3. The van der Waals surface area contributed by atoms with Gasteiger partial charge in [0.15, 0.2) is 0 Å². The molecule has 0 saturated carbocycles. The maximum Gasteiger partial charge on any atom is 0.254 e. The van der Waals surface area contributed by atoms with Crippen LogP contribution < -0.4 is 0 Å². The second-order valence-corrected chi connectivity index (χ2v) is 7.53. The van der Waals surface area contributed by atoms with Crippen molar-refractivity contribution in [3.8, 4) is 5.69 Å². The van der Waals surface area contributed by atoms with E-state index in [2.05, 4.69) is 10.1 Å². The number of hydrogen-bond donors (Lipinski definition) is 0. The second kappa shape index (κ2) is 7.71. The lowest BCUT2D eigenvalue weighted by Gasteiger charge is -2.19. The third kappa shape index (κ3) is 3.56. The van der Waals surface area contributed by atoms with E-state index in [1.807, 2.05) is 48.9 Å². The van der Waals surface area contributed by atoms with E-state index < -0.39 is 0 Å². The van der Waals surface area contributed by atoms with Crippen LogP contribution >= 0.6 is 0 Å². The Kier molecular flexibility index (Phi) is 5.08. The van der Waals surface area contributed by atoms with E-state index in [9.17, 15) is 9.18 Å². The van der Waals surface area contributed by atoms with Gasteiger partial charge in [0.25, 0.3) is 5.91 Å². The van der Waals surface area contributed by atoms with E-state index in [-0.39, 0.29) is 11.7 Å². The standard InChI is InChI=1S/C24H23FN4O/c1-15-12-21(20-11-10-18(25)13-23(20)26-15)24(30)28(4)14-22-16(2)27-29(17(22)3)19-8-6-5-7-9-19/h5-13H,14H2,1-4H3. The zero-order valence-electron chi connectivity index (χ0n) is 17.5. The number of aryl methyl sites for hydroxylation is 2. The fourth-order valence-electron chi connectivity index (χ4n) is 3.75. The average Bonchev–Trinajstić information content (AvgIpc) is 3.01. The molecule has 0 spiro atoms. The van der Waals surface area contributed by atoms with Gasteiger partial charge in [-0.1, -0.05) is 18.2 Å². The minimum Gasteiger partial charge on any atom is -0.337 e. The number of amides is 1. The van der Waals surface area contributed by atoms with Crippen molar-refractivity contribution >= 4 is 16.8 Å².